The first-order valence-corrected chi connectivity index (χ1v) is 14.4. The van der Waals surface area contributed by atoms with E-state index in [9.17, 15) is 23.4 Å². The van der Waals surface area contributed by atoms with Crippen molar-refractivity contribution >= 4 is 27.1 Å². The molecule has 1 amide bonds. The van der Waals surface area contributed by atoms with Crippen LogP contribution in [0.2, 0.25) is 0 Å². The number of rotatable bonds is 3. The van der Waals surface area contributed by atoms with Gasteiger partial charge in [-0.25, -0.2) is 13.4 Å². The van der Waals surface area contributed by atoms with Gasteiger partial charge in [0.1, 0.15) is 18.1 Å². The molecule has 10 heteroatoms. The predicted octanol–water partition coefficient (Wildman–Crippen LogP) is 3.19. The van der Waals surface area contributed by atoms with Gasteiger partial charge in [-0.3, -0.25) is 4.79 Å². The number of fused-ring (bicyclic) bond motifs is 1. The molecule has 0 bridgehead atoms. The molecule has 0 radical (unpaired) electrons. The Kier molecular flexibility index (Phi) is 8.04. The molecule has 36 heavy (non-hydrogen) atoms. The lowest BCUT2D eigenvalue weighted by Crippen LogP contribution is -2.36. The van der Waals surface area contributed by atoms with Gasteiger partial charge in [0.2, 0.25) is 5.91 Å². The number of ether oxygens (including phenoxy) is 1. The van der Waals surface area contributed by atoms with E-state index in [-0.39, 0.29) is 22.8 Å². The molecule has 3 aliphatic rings. The molecule has 9 nitrogen and oxygen atoms in total. The van der Waals surface area contributed by atoms with E-state index in [4.69, 9.17) is 4.74 Å². The summed E-state index contributed by atoms with van der Waals surface area (Å²) >= 11 is 0. The largest absolute Gasteiger partial charge is 0.508 e. The Morgan fingerprint density at radius 3 is 2.42 bits per heavy atom. The molecule has 0 spiro atoms. The van der Waals surface area contributed by atoms with Gasteiger partial charge in [0.05, 0.1) is 30.2 Å². The predicted molar refractivity (Wildman–Crippen MR) is 136 cm³/mol. The SMILES string of the molecule is Cc1cc(N2CCOc3ccc(O)cc32)cnc1S(C)(=O)=O.O=C(C1CCC(O)CC1)N1CCCC1. The first-order chi connectivity index (χ1) is 17.1. The molecule has 2 fully saturated rings. The topological polar surface area (TPSA) is 120 Å². The fraction of sp³-hybridized carbons (Fsp3) is 0.538. The van der Waals surface area contributed by atoms with E-state index >= 15 is 0 Å². The van der Waals surface area contributed by atoms with E-state index in [1.54, 1.807) is 31.2 Å². The number of carbonyl (C=O) groups excluding carboxylic acids is 1. The van der Waals surface area contributed by atoms with Gasteiger partial charge >= 0.3 is 0 Å². The molecule has 0 unspecified atom stereocenters. The number of aliphatic hydroxyl groups excluding tert-OH is 1. The number of hydrogen-bond acceptors (Lipinski definition) is 8. The minimum Gasteiger partial charge on any atom is -0.508 e. The fourth-order valence-electron chi connectivity index (χ4n) is 5.08. The number of aromatic hydroxyl groups is 1. The zero-order chi connectivity index (χ0) is 25.9. The number of anilines is 2. The number of aryl methyl sites for hydroxylation is 1. The average Bonchev–Trinajstić information content (AvgIpc) is 3.38. The summed E-state index contributed by atoms with van der Waals surface area (Å²) in [6.45, 7) is 4.73. The minimum absolute atomic E-state index is 0.0839. The van der Waals surface area contributed by atoms with Crippen LogP contribution in [0.1, 0.15) is 44.1 Å². The molecule has 196 valence electrons. The summed E-state index contributed by atoms with van der Waals surface area (Å²) in [5.74, 6) is 1.37. The van der Waals surface area contributed by atoms with Crippen LogP contribution < -0.4 is 9.64 Å². The second kappa shape index (κ2) is 11.0. The van der Waals surface area contributed by atoms with Crippen LogP contribution in [0.5, 0.6) is 11.5 Å². The molecule has 2 aromatic rings. The molecule has 1 aliphatic carbocycles. The van der Waals surface area contributed by atoms with Crippen LogP contribution in [0.3, 0.4) is 0 Å². The van der Waals surface area contributed by atoms with Crippen molar-refractivity contribution in [1.29, 1.82) is 0 Å². The second-order valence-corrected chi connectivity index (χ2v) is 11.7. The quantitative estimate of drug-likeness (QED) is 0.637. The number of benzene rings is 1. The monoisotopic (exact) mass is 517 g/mol. The van der Waals surface area contributed by atoms with Crippen LogP contribution >= 0.6 is 0 Å². The van der Waals surface area contributed by atoms with Crippen molar-refractivity contribution in [2.45, 2.75) is 56.6 Å². The lowest BCUT2D eigenvalue weighted by Gasteiger charge is -2.31. The van der Waals surface area contributed by atoms with E-state index in [0.29, 0.717) is 30.4 Å². The van der Waals surface area contributed by atoms with Crippen LogP contribution in [0.25, 0.3) is 0 Å². The smallest absolute Gasteiger partial charge is 0.225 e. The van der Waals surface area contributed by atoms with Crippen molar-refractivity contribution in [3.8, 4) is 11.5 Å². The third-order valence-electron chi connectivity index (χ3n) is 6.95. The molecule has 1 saturated carbocycles. The van der Waals surface area contributed by atoms with Crippen molar-refractivity contribution in [2.75, 3.05) is 37.4 Å². The molecule has 1 aromatic heterocycles. The van der Waals surface area contributed by atoms with Crippen LogP contribution in [0, 0.1) is 12.8 Å². The van der Waals surface area contributed by atoms with Gasteiger partial charge < -0.3 is 24.7 Å². The number of likely N-dealkylation sites (tertiary alicyclic amines) is 1. The van der Waals surface area contributed by atoms with Gasteiger partial charge in [-0.15, -0.1) is 0 Å². The second-order valence-electron chi connectivity index (χ2n) is 9.78. The van der Waals surface area contributed by atoms with E-state index < -0.39 is 9.84 Å². The highest BCUT2D eigenvalue weighted by Crippen LogP contribution is 2.39. The van der Waals surface area contributed by atoms with E-state index in [1.807, 2.05) is 9.80 Å². The van der Waals surface area contributed by atoms with Crippen molar-refractivity contribution in [2.24, 2.45) is 5.92 Å². The highest BCUT2D eigenvalue weighted by molar-refractivity contribution is 7.90. The Labute approximate surface area is 212 Å². The third-order valence-corrected chi connectivity index (χ3v) is 8.08. The average molecular weight is 518 g/mol. The zero-order valence-electron chi connectivity index (χ0n) is 20.9. The highest BCUT2D eigenvalue weighted by atomic mass is 32.2. The number of carbonyl (C=O) groups is 1. The van der Waals surface area contributed by atoms with Crippen LogP contribution in [0.4, 0.5) is 11.4 Å². The molecular weight excluding hydrogens is 482 g/mol. The van der Waals surface area contributed by atoms with Crippen molar-refractivity contribution in [3.63, 3.8) is 0 Å². The summed E-state index contributed by atoms with van der Waals surface area (Å²) in [5.41, 5.74) is 2.09. The zero-order valence-corrected chi connectivity index (χ0v) is 21.7. The van der Waals surface area contributed by atoms with E-state index in [1.165, 1.54) is 19.0 Å². The number of nitrogens with zero attached hydrogens (tertiary/aromatic N) is 3. The summed E-state index contributed by atoms with van der Waals surface area (Å²) in [6, 6.07) is 6.68. The normalized spacial score (nSPS) is 21.8. The number of aliphatic hydroxyl groups is 1. The molecule has 5 rings (SSSR count). The van der Waals surface area contributed by atoms with Crippen LogP contribution in [-0.4, -0.2) is 73.0 Å². The molecule has 3 heterocycles. The number of phenolic OH excluding ortho intramolecular Hbond substituents is 1. The maximum Gasteiger partial charge on any atom is 0.225 e. The molecule has 1 saturated heterocycles. The summed E-state index contributed by atoms with van der Waals surface area (Å²) in [6.07, 6.45) is 8.24. The van der Waals surface area contributed by atoms with E-state index in [0.717, 1.165) is 56.4 Å². The van der Waals surface area contributed by atoms with Gasteiger partial charge in [-0.2, -0.15) is 0 Å². The van der Waals surface area contributed by atoms with Gasteiger partial charge in [0.25, 0.3) is 0 Å². The number of aromatic nitrogens is 1. The number of amides is 1. The van der Waals surface area contributed by atoms with Crippen LogP contribution in [-0.2, 0) is 14.6 Å². The Balaban J connectivity index is 0.000000187. The first kappa shape index (κ1) is 26.2. The molecule has 1 aromatic carbocycles. The standard InChI is InChI=1S/C15H16N2O4S.C11H19NO2/c1-10-7-11(9-16-15(10)22(2,19)20)17-5-6-21-14-4-3-12(18)8-13(14)17;13-10-5-3-9(4-6-10)11(14)12-7-1-2-8-12/h3-4,7-9,18H,5-6H2,1-2H3;9-10,13H,1-8H2. The Morgan fingerprint density at radius 1 is 1.08 bits per heavy atom. The maximum absolute atomic E-state index is 12.0. The molecular formula is C26H35N3O6S. The molecule has 0 atom stereocenters. The number of hydrogen-bond donors (Lipinski definition) is 2. The van der Waals surface area contributed by atoms with Gasteiger partial charge in [0.15, 0.2) is 14.9 Å². The molecule has 2 aliphatic heterocycles. The summed E-state index contributed by atoms with van der Waals surface area (Å²) < 4.78 is 28.9. The van der Waals surface area contributed by atoms with Gasteiger partial charge in [-0.1, -0.05) is 0 Å². The number of pyridine rings is 1. The minimum atomic E-state index is -3.34. The van der Waals surface area contributed by atoms with Crippen molar-refractivity contribution in [3.05, 3.63) is 36.0 Å². The lowest BCUT2D eigenvalue weighted by molar-refractivity contribution is -0.136. The van der Waals surface area contributed by atoms with Crippen LogP contribution in [0.15, 0.2) is 35.5 Å². The Bertz CT molecular complexity index is 1190. The first-order valence-electron chi connectivity index (χ1n) is 12.5. The highest BCUT2D eigenvalue weighted by Gasteiger charge is 2.29. The summed E-state index contributed by atoms with van der Waals surface area (Å²) in [4.78, 5) is 20.0. The Hall–Kier alpha value is -2.85. The fourth-order valence-corrected chi connectivity index (χ4v) is 5.96. The summed E-state index contributed by atoms with van der Waals surface area (Å²) in [5, 5.41) is 19.1. The third kappa shape index (κ3) is 6.10. The van der Waals surface area contributed by atoms with Gasteiger partial charge in [0, 0.05) is 31.3 Å². The molecule has 2 N–H and O–H groups in total. The summed E-state index contributed by atoms with van der Waals surface area (Å²) in [7, 11) is -3.34. The number of sulfone groups is 1. The van der Waals surface area contributed by atoms with Gasteiger partial charge in [-0.05, 0) is 69.2 Å². The van der Waals surface area contributed by atoms with Crippen molar-refractivity contribution in [1.82, 2.24) is 9.88 Å². The lowest BCUT2D eigenvalue weighted by atomic mass is 9.86. The maximum atomic E-state index is 12.0. The Morgan fingerprint density at radius 2 is 1.78 bits per heavy atom. The number of phenols is 1. The van der Waals surface area contributed by atoms with E-state index in [2.05, 4.69) is 4.98 Å². The van der Waals surface area contributed by atoms with Crippen molar-refractivity contribution < 1.29 is 28.2 Å².